The molecule has 3 nitrogen and oxygen atoms in total. The normalized spacial score (nSPS) is 18.8. The Kier molecular flexibility index (Phi) is 5.99. The van der Waals surface area contributed by atoms with Gasteiger partial charge in [-0.1, -0.05) is 18.2 Å². The Hall–Kier alpha value is -1.42. The molecule has 1 aromatic rings. The zero-order chi connectivity index (χ0) is 14.2. The van der Waals surface area contributed by atoms with E-state index < -0.39 is 0 Å². The Balaban J connectivity index is 1.61. The molecule has 1 fully saturated rings. The highest BCUT2D eigenvalue weighted by Gasteiger charge is 2.14. The maximum absolute atomic E-state index is 13.4. The van der Waals surface area contributed by atoms with Gasteiger partial charge in [0.25, 0.3) is 0 Å². The minimum atomic E-state index is -0.199. The van der Waals surface area contributed by atoms with Gasteiger partial charge in [-0.05, 0) is 56.3 Å². The third kappa shape index (κ3) is 4.93. The van der Waals surface area contributed by atoms with Crippen molar-refractivity contribution in [1.82, 2.24) is 10.6 Å². The summed E-state index contributed by atoms with van der Waals surface area (Å²) >= 11 is 0. The molecule has 1 saturated heterocycles. The van der Waals surface area contributed by atoms with Crippen LogP contribution in [0.1, 0.15) is 31.2 Å². The Labute approximate surface area is 120 Å². The van der Waals surface area contributed by atoms with E-state index in [-0.39, 0.29) is 11.7 Å². The summed E-state index contributed by atoms with van der Waals surface area (Å²) in [6.07, 6.45) is 4.49. The summed E-state index contributed by atoms with van der Waals surface area (Å²) in [5.74, 6) is 0.503. The van der Waals surface area contributed by atoms with Crippen LogP contribution in [-0.2, 0) is 11.2 Å². The summed E-state index contributed by atoms with van der Waals surface area (Å²) in [5.41, 5.74) is 0.657. The van der Waals surface area contributed by atoms with Crippen LogP contribution in [0, 0.1) is 11.7 Å². The molecule has 0 aromatic heterocycles. The van der Waals surface area contributed by atoms with E-state index in [1.807, 2.05) is 6.07 Å². The number of halogens is 1. The van der Waals surface area contributed by atoms with Crippen molar-refractivity contribution in [2.75, 3.05) is 19.6 Å². The molecule has 2 rings (SSSR count). The Morgan fingerprint density at radius 2 is 2.25 bits per heavy atom. The first-order valence-electron chi connectivity index (χ1n) is 7.46. The molecule has 4 heteroatoms. The van der Waals surface area contributed by atoms with E-state index in [4.69, 9.17) is 0 Å². The molecule has 1 unspecified atom stereocenters. The van der Waals surface area contributed by atoms with E-state index in [9.17, 15) is 9.18 Å². The molecule has 0 aliphatic carbocycles. The second kappa shape index (κ2) is 8.00. The number of rotatable bonds is 6. The molecule has 2 N–H and O–H groups in total. The van der Waals surface area contributed by atoms with Crippen LogP contribution in [0.15, 0.2) is 24.3 Å². The van der Waals surface area contributed by atoms with Gasteiger partial charge >= 0.3 is 0 Å². The molecular formula is C16H23FN2O. The van der Waals surface area contributed by atoms with Crippen molar-refractivity contribution in [2.24, 2.45) is 5.92 Å². The minimum absolute atomic E-state index is 0.0758. The predicted molar refractivity (Wildman–Crippen MR) is 77.9 cm³/mol. The largest absolute Gasteiger partial charge is 0.356 e. The lowest BCUT2D eigenvalue weighted by atomic mass is 9.94. The summed E-state index contributed by atoms with van der Waals surface area (Å²) in [6, 6.07) is 6.70. The van der Waals surface area contributed by atoms with Gasteiger partial charge in [0.15, 0.2) is 0 Å². The lowest BCUT2D eigenvalue weighted by Gasteiger charge is -2.22. The van der Waals surface area contributed by atoms with E-state index in [2.05, 4.69) is 10.6 Å². The van der Waals surface area contributed by atoms with Crippen LogP contribution in [0.2, 0.25) is 0 Å². The van der Waals surface area contributed by atoms with Crippen molar-refractivity contribution in [1.29, 1.82) is 0 Å². The molecular weight excluding hydrogens is 255 g/mol. The van der Waals surface area contributed by atoms with Gasteiger partial charge in [0, 0.05) is 13.0 Å². The van der Waals surface area contributed by atoms with Crippen molar-refractivity contribution < 1.29 is 9.18 Å². The predicted octanol–water partition coefficient (Wildman–Crippen LogP) is 2.26. The fourth-order valence-electron chi connectivity index (χ4n) is 2.63. The van der Waals surface area contributed by atoms with Gasteiger partial charge < -0.3 is 10.6 Å². The van der Waals surface area contributed by atoms with Crippen LogP contribution in [0.25, 0.3) is 0 Å². The van der Waals surface area contributed by atoms with Crippen molar-refractivity contribution in [3.63, 3.8) is 0 Å². The molecule has 1 amide bonds. The van der Waals surface area contributed by atoms with Crippen LogP contribution >= 0.6 is 0 Å². The van der Waals surface area contributed by atoms with Crippen LogP contribution in [0.3, 0.4) is 0 Å². The third-order valence-electron chi connectivity index (χ3n) is 3.85. The smallest absolute Gasteiger partial charge is 0.220 e. The quantitative estimate of drug-likeness (QED) is 0.838. The Morgan fingerprint density at radius 1 is 1.40 bits per heavy atom. The molecule has 0 bridgehead atoms. The number of carbonyl (C=O) groups excluding carboxylic acids is 1. The van der Waals surface area contributed by atoms with E-state index in [1.54, 1.807) is 12.1 Å². The van der Waals surface area contributed by atoms with Crippen LogP contribution < -0.4 is 10.6 Å². The zero-order valence-corrected chi connectivity index (χ0v) is 11.8. The summed E-state index contributed by atoms with van der Waals surface area (Å²) in [6.45, 7) is 2.64. The average Bonchev–Trinajstić information content (AvgIpc) is 2.48. The summed E-state index contributed by atoms with van der Waals surface area (Å²) in [5, 5.41) is 6.23. The molecule has 0 saturated carbocycles. The van der Waals surface area contributed by atoms with Gasteiger partial charge in [0.2, 0.25) is 5.91 Å². The van der Waals surface area contributed by atoms with Crippen LogP contribution in [0.5, 0.6) is 0 Å². The van der Waals surface area contributed by atoms with Crippen molar-refractivity contribution >= 4 is 5.91 Å². The second-order valence-electron chi connectivity index (χ2n) is 5.44. The van der Waals surface area contributed by atoms with Crippen molar-refractivity contribution in [3.05, 3.63) is 35.6 Å². The number of carbonyl (C=O) groups is 1. The number of hydrogen-bond donors (Lipinski definition) is 2. The maximum Gasteiger partial charge on any atom is 0.220 e. The summed E-state index contributed by atoms with van der Waals surface area (Å²) in [7, 11) is 0. The molecule has 20 heavy (non-hydrogen) atoms. The number of nitrogens with one attached hydrogen (secondary N) is 2. The zero-order valence-electron chi connectivity index (χ0n) is 11.8. The fourth-order valence-corrected chi connectivity index (χ4v) is 2.63. The average molecular weight is 278 g/mol. The van der Waals surface area contributed by atoms with Crippen molar-refractivity contribution in [3.8, 4) is 0 Å². The lowest BCUT2D eigenvalue weighted by molar-refractivity contribution is -0.121. The first kappa shape index (κ1) is 15.0. The van der Waals surface area contributed by atoms with Crippen LogP contribution in [0.4, 0.5) is 4.39 Å². The van der Waals surface area contributed by atoms with E-state index in [0.29, 0.717) is 30.9 Å². The van der Waals surface area contributed by atoms with Gasteiger partial charge in [-0.15, -0.1) is 0 Å². The van der Waals surface area contributed by atoms with Gasteiger partial charge in [-0.3, -0.25) is 4.79 Å². The van der Waals surface area contributed by atoms with Gasteiger partial charge in [-0.25, -0.2) is 4.39 Å². The Morgan fingerprint density at radius 3 is 3.00 bits per heavy atom. The highest BCUT2D eigenvalue weighted by Crippen LogP contribution is 2.15. The number of hydrogen-bond acceptors (Lipinski definition) is 2. The van der Waals surface area contributed by atoms with E-state index in [0.717, 1.165) is 19.5 Å². The van der Waals surface area contributed by atoms with Crippen LogP contribution in [-0.4, -0.2) is 25.5 Å². The van der Waals surface area contributed by atoms with Crippen molar-refractivity contribution in [2.45, 2.75) is 32.1 Å². The molecule has 1 aliphatic rings. The van der Waals surface area contributed by atoms with E-state index in [1.165, 1.54) is 18.9 Å². The van der Waals surface area contributed by atoms with E-state index >= 15 is 0 Å². The molecule has 1 aliphatic heterocycles. The lowest BCUT2D eigenvalue weighted by Crippen LogP contribution is -2.31. The first-order chi connectivity index (χ1) is 9.75. The molecule has 1 heterocycles. The molecule has 110 valence electrons. The SMILES string of the molecule is O=C(CCC1CCCNC1)NCCc1ccccc1F. The number of piperidine rings is 1. The number of benzene rings is 1. The maximum atomic E-state index is 13.4. The van der Waals surface area contributed by atoms with Gasteiger partial charge in [0.1, 0.15) is 5.82 Å². The molecule has 1 aromatic carbocycles. The minimum Gasteiger partial charge on any atom is -0.356 e. The number of amides is 1. The highest BCUT2D eigenvalue weighted by molar-refractivity contribution is 5.75. The van der Waals surface area contributed by atoms with Gasteiger partial charge in [0.05, 0.1) is 0 Å². The fraction of sp³-hybridized carbons (Fsp3) is 0.562. The summed E-state index contributed by atoms with van der Waals surface area (Å²) < 4.78 is 13.4. The third-order valence-corrected chi connectivity index (χ3v) is 3.85. The second-order valence-corrected chi connectivity index (χ2v) is 5.44. The first-order valence-corrected chi connectivity index (χ1v) is 7.46. The molecule has 0 spiro atoms. The molecule has 0 radical (unpaired) electrons. The topological polar surface area (TPSA) is 41.1 Å². The standard InChI is InChI=1S/C16H23FN2O/c17-15-6-2-1-5-14(15)9-11-19-16(20)8-7-13-4-3-10-18-12-13/h1-2,5-6,13,18H,3-4,7-12H2,(H,19,20). The Bertz CT molecular complexity index is 430. The summed E-state index contributed by atoms with van der Waals surface area (Å²) in [4.78, 5) is 11.7. The highest BCUT2D eigenvalue weighted by atomic mass is 19.1. The van der Waals surface area contributed by atoms with Gasteiger partial charge in [-0.2, -0.15) is 0 Å². The monoisotopic (exact) mass is 278 g/mol. The molecule has 1 atom stereocenters.